The summed E-state index contributed by atoms with van der Waals surface area (Å²) in [5.41, 5.74) is -0.663. The Kier molecular flexibility index (Phi) is 4.93. The third-order valence-corrected chi connectivity index (χ3v) is 8.17. The van der Waals surface area contributed by atoms with Gasteiger partial charge in [-0.25, -0.2) is 0 Å². The van der Waals surface area contributed by atoms with E-state index < -0.39 is 5.60 Å². The summed E-state index contributed by atoms with van der Waals surface area (Å²) < 4.78 is 0. The van der Waals surface area contributed by atoms with Gasteiger partial charge >= 0.3 is 0 Å². The Hall–Kier alpha value is 0.390. The van der Waals surface area contributed by atoms with E-state index in [1.165, 1.54) is 0 Å². The Morgan fingerprint density at radius 1 is 0.706 bits per heavy atom. The average Bonchev–Trinajstić information content (AvgIpc) is 1.93. The van der Waals surface area contributed by atoms with Crippen LogP contribution < -0.4 is 0 Å². The molecular formula is C15H33OP. The molecule has 0 aliphatic heterocycles. The Labute approximate surface area is 110 Å². The molecule has 0 amide bonds. The lowest BCUT2D eigenvalue weighted by molar-refractivity contribution is -0.0219. The molecule has 0 bridgehead atoms. The zero-order valence-electron chi connectivity index (χ0n) is 13.6. The van der Waals surface area contributed by atoms with Crippen molar-refractivity contribution in [1.82, 2.24) is 0 Å². The second-order valence-corrected chi connectivity index (χ2v) is 12.2. The first kappa shape index (κ1) is 17.4. The van der Waals surface area contributed by atoms with Gasteiger partial charge < -0.3 is 5.11 Å². The van der Waals surface area contributed by atoms with Crippen LogP contribution in [-0.2, 0) is 0 Å². The van der Waals surface area contributed by atoms with E-state index in [4.69, 9.17) is 0 Å². The van der Waals surface area contributed by atoms with E-state index in [1.807, 2.05) is 13.8 Å². The summed E-state index contributed by atoms with van der Waals surface area (Å²) in [7, 11) is -0.155. The first-order valence-corrected chi connectivity index (χ1v) is 8.12. The maximum absolute atomic E-state index is 10.3. The van der Waals surface area contributed by atoms with Gasteiger partial charge in [0.25, 0.3) is 0 Å². The van der Waals surface area contributed by atoms with Gasteiger partial charge in [0.2, 0.25) is 0 Å². The van der Waals surface area contributed by atoms with Crippen LogP contribution >= 0.6 is 7.92 Å². The minimum absolute atomic E-state index is 0.0424. The number of rotatable bonds is 3. The van der Waals surface area contributed by atoms with Crippen LogP contribution in [0.2, 0.25) is 0 Å². The van der Waals surface area contributed by atoms with E-state index in [1.54, 1.807) is 0 Å². The highest BCUT2D eigenvalue weighted by Gasteiger charge is 2.43. The largest absolute Gasteiger partial charge is 0.390 e. The van der Waals surface area contributed by atoms with Crippen LogP contribution in [0.3, 0.4) is 0 Å². The van der Waals surface area contributed by atoms with Crippen molar-refractivity contribution < 1.29 is 5.11 Å². The predicted octanol–water partition coefficient (Wildman–Crippen LogP) is 4.86. The molecule has 0 saturated heterocycles. The van der Waals surface area contributed by atoms with E-state index in [0.29, 0.717) is 10.3 Å². The lowest BCUT2D eigenvalue weighted by Gasteiger charge is -2.48. The zero-order valence-corrected chi connectivity index (χ0v) is 14.5. The first-order valence-electron chi connectivity index (χ1n) is 6.59. The van der Waals surface area contributed by atoms with Crippen molar-refractivity contribution >= 4 is 7.92 Å². The van der Waals surface area contributed by atoms with Gasteiger partial charge in [0.05, 0.1) is 5.60 Å². The van der Waals surface area contributed by atoms with E-state index in [0.717, 1.165) is 6.16 Å². The van der Waals surface area contributed by atoms with E-state index >= 15 is 0 Å². The fraction of sp³-hybridized carbons (Fsp3) is 1.00. The molecule has 104 valence electrons. The summed E-state index contributed by atoms with van der Waals surface area (Å²) in [4.78, 5) is 0. The molecule has 0 spiro atoms. The highest BCUT2D eigenvalue weighted by Crippen LogP contribution is 2.62. The maximum Gasteiger partial charge on any atom is 0.0645 e. The van der Waals surface area contributed by atoms with Gasteiger partial charge in [0, 0.05) is 0 Å². The van der Waals surface area contributed by atoms with E-state index in [9.17, 15) is 5.11 Å². The van der Waals surface area contributed by atoms with Crippen molar-refractivity contribution in [2.75, 3.05) is 6.16 Å². The topological polar surface area (TPSA) is 20.2 Å². The molecule has 0 fully saturated rings. The van der Waals surface area contributed by atoms with Crippen molar-refractivity contribution in [2.45, 2.75) is 85.2 Å². The maximum atomic E-state index is 10.3. The van der Waals surface area contributed by atoms with E-state index in [2.05, 4.69) is 55.4 Å². The first-order chi connectivity index (χ1) is 7.09. The third-order valence-electron chi connectivity index (χ3n) is 3.83. The summed E-state index contributed by atoms with van der Waals surface area (Å²) in [6.07, 6.45) is 1.11. The molecule has 0 aromatic rings. The van der Waals surface area contributed by atoms with Crippen LogP contribution in [0.4, 0.5) is 0 Å². The molecule has 0 aromatic heterocycles. The monoisotopic (exact) mass is 260 g/mol. The SMILES string of the molecule is CC(C)(C)P(CC(C)(C)C(C)(C)O)C(C)(C)C. The Balaban J connectivity index is 5.17. The highest BCUT2D eigenvalue weighted by atomic mass is 31.1. The van der Waals surface area contributed by atoms with Crippen LogP contribution in [0.1, 0.15) is 69.2 Å². The molecule has 0 heterocycles. The predicted molar refractivity (Wildman–Crippen MR) is 81.4 cm³/mol. The molecule has 0 aliphatic carbocycles. The Morgan fingerprint density at radius 2 is 1.00 bits per heavy atom. The molecule has 2 heteroatoms. The van der Waals surface area contributed by atoms with Crippen LogP contribution in [0.15, 0.2) is 0 Å². The summed E-state index contributed by atoms with van der Waals surface area (Å²) in [5.74, 6) is 0. The fourth-order valence-corrected chi connectivity index (χ4v) is 6.21. The summed E-state index contributed by atoms with van der Waals surface area (Å²) in [5, 5.41) is 11.0. The van der Waals surface area contributed by atoms with Gasteiger partial charge in [-0.1, -0.05) is 63.3 Å². The van der Waals surface area contributed by atoms with Crippen LogP contribution in [0, 0.1) is 5.41 Å². The van der Waals surface area contributed by atoms with Crippen molar-refractivity contribution in [3.63, 3.8) is 0 Å². The van der Waals surface area contributed by atoms with Crippen molar-refractivity contribution in [1.29, 1.82) is 0 Å². The van der Waals surface area contributed by atoms with Crippen LogP contribution in [0.5, 0.6) is 0 Å². The van der Waals surface area contributed by atoms with Crippen molar-refractivity contribution in [3.8, 4) is 0 Å². The summed E-state index contributed by atoms with van der Waals surface area (Å²) in [6.45, 7) is 22.3. The number of hydrogen-bond acceptors (Lipinski definition) is 1. The third kappa shape index (κ3) is 4.87. The normalized spacial score (nSPS) is 15.5. The van der Waals surface area contributed by atoms with Gasteiger partial charge in [0.15, 0.2) is 0 Å². The molecule has 17 heavy (non-hydrogen) atoms. The Morgan fingerprint density at radius 3 is 1.18 bits per heavy atom. The second-order valence-electron chi connectivity index (χ2n) is 8.37. The molecule has 1 nitrogen and oxygen atoms in total. The van der Waals surface area contributed by atoms with Gasteiger partial charge in [-0.2, -0.15) is 0 Å². The van der Waals surface area contributed by atoms with Crippen molar-refractivity contribution in [2.24, 2.45) is 5.41 Å². The van der Waals surface area contributed by atoms with Crippen LogP contribution in [-0.4, -0.2) is 27.2 Å². The highest BCUT2D eigenvalue weighted by molar-refractivity contribution is 7.60. The minimum atomic E-state index is -0.621. The number of hydrogen-bond donors (Lipinski definition) is 1. The molecule has 0 unspecified atom stereocenters. The lowest BCUT2D eigenvalue weighted by Crippen LogP contribution is -2.44. The smallest absolute Gasteiger partial charge is 0.0645 e. The van der Waals surface area contributed by atoms with Crippen molar-refractivity contribution in [3.05, 3.63) is 0 Å². The fourth-order valence-electron chi connectivity index (χ4n) is 2.07. The molecule has 0 radical (unpaired) electrons. The lowest BCUT2D eigenvalue weighted by atomic mass is 9.79. The van der Waals surface area contributed by atoms with Gasteiger partial charge in [-0.3, -0.25) is 0 Å². The summed E-state index contributed by atoms with van der Waals surface area (Å²) >= 11 is 0. The standard InChI is InChI=1S/C15H33OP/c1-12(2,3)17(13(4,5)6)11-14(7,8)15(9,10)16/h16H,11H2,1-10H3. The minimum Gasteiger partial charge on any atom is -0.390 e. The van der Waals surface area contributed by atoms with Gasteiger partial charge in [-0.15, -0.1) is 0 Å². The molecular weight excluding hydrogens is 227 g/mol. The molecule has 0 aliphatic rings. The average molecular weight is 260 g/mol. The summed E-state index contributed by atoms with van der Waals surface area (Å²) in [6, 6.07) is 0. The second kappa shape index (κ2) is 4.82. The van der Waals surface area contributed by atoms with Gasteiger partial charge in [0.1, 0.15) is 0 Å². The van der Waals surface area contributed by atoms with Gasteiger partial charge in [-0.05, 0) is 35.7 Å². The van der Waals surface area contributed by atoms with Crippen LogP contribution in [0.25, 0.3) is 0 Å². The number of aliphatic hydroxyl groups is 1. The zero-order chi connectivity index (χ0) is 14.3. The molecule has 0 aromatic carbocycles. The molecule has 0 saturated carbocycles. The molecule has 1 N–H and O–H groups in total. The molecule has 0 atom stereocenters. The van der Waals surface area contributed by atoms with E-state index in [-0.39, 0.29) is 13.3 Å². The Bertz CT molecular complexity index is 234. The quantitative estimate of drug-likeness (QED) is 0.718. The molecule has 0 rings (SSSR count).